The topological polar surface area (TPSA) is 51.2 Å². The summed E-state index contributed by atoms with van der Waals surface area (Å²) in [5.74, 6) is -0.379. The summed E-state index contributed by atoms with van der Waals surface area (Å²) in [5.41, 5.74) is -0.556. The first kappa shape index (κ1) is 13.6. The van der Waals surface area contributed by atoms with Crippen molar-refractivity contribution in [2.75, 3.05) is 11.5 Å². The molecular formula is C10H20O3S. The van der Waals surface area contributed by atoms with E-state index in [1.165, 1.54) is 0 Å². The maximum atomic E-state index is 11.5. The molecule has 3 nitrogen and oxygen atoms in total. The number of Topliss-reactive ketones (excluding diaryl/α,β-unsaturated/α-hetero) is 1. The molecule has 14 heavy (non-hydrogen) atoms. The largest absolute Gasteiger partial charge is 0.298 e. The zero-order chi connectivity index (χ0) is 11.4. The summed E-state index contributed by atoms with van der Waals surface area (Å²) in [6.45, 7) is 7.15. The first-order chi connectivity index (χ1) is 6.19. The Hall–Kier alpha value is -0.380. The Labute approximate surface area is 86.8 Å². The Bertz CT molecular complexity index is 283. The number of carbonyl (C=O) groups excluding carboxylic acids is 1. The predicted octanol–water partition coefficient (Wildman–Crippen LogP) is 1.82. The quantitative estimate of drug-likeness (QED) is 0.710. The highest BCUT2D eigenvalue weighted by atomic mass is 32.2. The minimum atomic E-state index is -3.18. The molecule has 0 bridgehead atoms. The van der Waals surface area contributed by atoms with E-state index in [9.17, 15) is 13.2 Å². The van der Waals surface area contributed by atoms with Gasteiger partial charge in [-0.2, -0.15) is 0 Å². The SMILES string of the molecule is CCCCS(=O)(=O)CC(=O)C(C)(C)C. The van der Waals surface area contributed by atoms with E-state index in [1.54, 1.807) is 20.8 Å². The maximum absolute atomic E-state index is 11.5. The highest BCUT2D eigenvalue weighted by molar-refractivity contribution is 7.92. The normalized spacial score (nSPS) is 12.9. The second kappa shape index (κ2) is 4.91. The standard InChI is InChI=1S/C10H20O3S/c1-5-6-7-14(12,13)8-9(11)10(2,3)4/h5-8H2,1-4H3. The van der Waals surface area contributed by atoms with Gasteiger partial charge in [0.05, 0.1) is 5.75 Å². The van der Waals surface area contributed by atoms with Gasteiger partial charge >= 0.3 is 0 Å². The molecule has 0 N–H and O–H groups in total. The van der Waals surface area contributed by atoms with Crippen molar-refractivity contribution in [3.05, 3.63) is 0 Å². The average molecular weight is 220 g/mol. The summed E-state index contributed by atoms with van der Waals surface area (Å²) >= 11 is 0. The molecule has 0 saturated heterocycles. The van der Waals surface area contributed by atoms with Crippen LogP contribution < -0.4 is 0 Å². The fourth-order valence-electron chi connectivity index (χ4n) is 0.853. The van der Waals surface area contributed by atoms with Crippen molar-refractivity contribution in [3.63, 3.8) is 0 Å². The molecule has 0 heterocycles. The fourth-order valence-corrected chi connectivity index (χ4v) is 2.56. The van der Waals surface area contributed by atoms with Gasteiger partial charge in [0.25, 0.3) is 0 Å². The molecule has 0 aliphatic rings. The third-order valence-electron chi connectivity index (χ3n) is 2.00. The zero-order valence-electron chi connectivity index (χ0n) is 9.46. The molecule has 0 rings (SSSR count). The lowest BCUT2D eigenvalue weighted by Crippen LogP contribution is -2.29. The molecule has 4 heteroatoms. The van der Waals surface area contributed by atoms with E-state index in [4.69, 9.17) is 0 Å². The summed E-state index contributed by atoms with van der Waals surface area (Å²) in [6, 6.07) is 0. The van der Waals surface area contributed by atoms with Crippen LogP contribution in [0.15, 0.2) is 0 Å². The second-order valence-electron chi connectivity index (χ2n) is 4.62. The molecule has 0 spiro atoms. The molecule has 0 aliphatic heterocycles. The number of rotatable bonds is 5. The van der Waals surface area contributed by atoms with Crippen LogP contribution in [-0.4, -0.2) is 25.7 Å². The minimum absolute atomic E-state index is 0.130. The van der Waals surface area contributed by atoms with Crippen LogP contribution in [0.3, 0.4) is 0 Å². The van der Waals surface area contributed by atoms with Crippen molar-refractivity contribution in [3.8, 4) is 0 Å². The van der Waals surface area contributed by atoms with Crippen molar-refractivity contribution in [1.82, 2.24) is 0 Å². The molecule has 0 saturated carbocycles. The van der Waals surface area contributed by atoms with Crippen LogP contribution in [-0.2, 0) is 14.6 Å². The van der Waals surface area contributed by atoms with Crippen molar-refractivity contribution in [2.45, 2.75) is 40.5 Å². The van der Waals surface area contributed by atoms with Crippen molar-refractivity contribution >= 4 is 15.6 Å². The van der Waals surface area contributed by atoms with Crippen molar-refractivity contribution < 1.29 is 13.2 Å². The lowest BCUT2D eigenvalue weighted by atomic mass is 9.92. The first-order valence-electron chi connectivity index (χ1n) is 4.93. The molecule has 0 aliphatic carbocycles. The smallest absolute Gasteiger partial charge is 0.157 e. The number of ketones is 1. The Balaban J connectivity index is 4.31. The second-order valence-corrected chi connectivity index (χ2v) is 6.80. The lowest BCUT2D eigenvalue weighted by Gasteiger charge is -2.16. The van der Waals surface area contributed by atoms with E-state index in [1.807, 2.05) is 6.92 Å². The van der Waals surface area contributed by atoms with Crippen LogP contribution in [0.1, 0.15) is 40.5 Å². The highest BCUT2D eigenvalue weighted by Gasteiger charge is 2.26. The Morgan fingerprint density at radius 2 is 1.71 bits per heavy atom. The summed E-state index contributed by atoms with van der Waals surface area (Å²) in [4.78, 5) is 11.5. The zero-order valence-corrected chi connectivity index (χ0v) is 10.3. The molecule has 0 amide bonds. The molecular weight excluding hydrogens is 200 g/mol. The molecule has 0 atom stereocenters. The molecule has 0 unspecified atom stereocenters. The van der Waals surface area contributed by atoms with Gasteiger partial charge in [0.1, 0.15) is 5.75 Å². The number of hydrogen-bond donors (Lipinski definition) is 0. The number of unbranched alkanes of at least 4 members (excludes halogenated alkanes) is 1. The Kier molecular flexibility index (Phi) is 4.78. The van der Waals surface area contributed by atoms with Gasteiger partial charge in [0, 0.05) is 5.41 Å². The monoisotopic (exact) mass is 220 g/mol. The summed E-state index contributed by atoms with van der Waals surface area (Å²) < 4.78 is 22.9. The van der Waals surface area contributed by atoms with Crippen LogP contribution in [0, 0.1) is 5.41 Å². The molecule has 0 fully saturated rings. The van der Waals surface area contributed by atoms with Gasteiger partial charge in [-0.25, -0.2) is 8.42 Å². The Morgan fingerprint density at radius 3 is 2.07 bits per heavy atom. The number of hydrogen-bond acceptors (Lipinski definition) is 3. The minimum Gasteiger partial charge on any atom is -0.298 e. The maximum Gasteiger partial charge on any atom is 0.157 e. The van der Waals surface area contributed by atoms with Crippen molar-refractivity contribution in [2.24, 2.45) is 5.41 Å². The summed E-state index contributed by atoms with van der Waals surface area (Å²) in [6.07, 6.45) is 1.47. The van der Waals surface area contributed by atoms with E-state index in [-0.39, 0.29) is 17.3 Å². The molecule has 84 valence electrons. The van der Waals surface area contributed by atoms with E-state index >= 15 is 0 Å². The fraction of sp³-hybridized carbons (Fsp3) is 0.900. The van der Waals surface area contributed by atoms with Gasteiger partial charge in [0.15, 0.2) is 15.6 Å². The van der Waals surface area contributed by atoms with Gasteiger partial charge in [-0.15, -0.1) is 0 Å². The molecule has 0 aromatic rings. The average Bonchev–Trinajstić information content (AvgIpc) is 1.98. The van der Waals surface area contributed by atoms with Gasteiger partial charge in [-0.3, -0.25) is 4.79 Å². The van der Waals surface area contributed by atoms with Gasteiger partial charge in [-0.1, -0.05) is 34.1 Å². The van der Waals surface area contributed by atoms with E-state index < -0.39 is 15.3 Å². The number of sulfone groups is 1. The molecule has 0 aromatic carbocycles. The third kappa shape index (κ3) is 5.37. The van der Waals surface area contributed by atoms with Gasteiger partial charge in [0.2, 0.25) is 0 Å². The third-order valence-corrected chi connectivity index (χ3v) is 3.61. The van der Waals surface area contributed by atoms with Crippen molar-refractivity contribution in [1.29, 1.82) is 0 Å². The Morgan fingerprint density at radius 1 is 1.21 bits per heavy atom. The first-order valence-corrected chi connectivity index (χ1v) is 6.75. The summed E-state index contributed by atoms with van der Waals surface area (Å²) in [7, 11) is -3.18. The van der Waals surface area contributed by atoms with Gasteiger partial charge < -0.3 is 0 Å². The van der Waals surface area contributed by atoms with Crippen LogP contribution >= 0.6 is 0 Å². The van der Waals surface area contributed by atoms with Crippen LogP contribution in [0.25, 0.3) is 0 Å². The number of carbonyl (C=O) groups is 1. The van der Waals surface area contributed by atoms with E-state index in [2.05, 4.69) is 0 Å². The van der Waals surface area contributed by atoms with Crippen LogP contribution in [0.5, 0.6) is 0 Å². The predicted molar refractivity (Wildman–Crippen MR) is 58.0 cm³/mol. The van der Waals surface area contributed by atoms with Crippen LogP contribution in [0.2, 0.25) is 0 Å². The highest BCUT2D eigenvalue weighted by Crippen LogP contribution is 2.16. The van der Waals surface area contributed by atoms with E-state index in [0.29, 0.717) is 6.42 Å². The summed E-state index contributed by atoms with van der Waals surface area (Å²) in [5, 5.41) is 0. The molecule has 0 radical (unpaired) electrons. The lowest BCUT2D eigenvalue weighted by molar-refractivity contribution is -0.123. The van der Waals surface area contributed by atoms with Gasteiger partial charge in [-0.05, 0) is 6.42 Å². The van der Waals surface area contributed by atoms with E-state index in [0.717, 1.165) is 6.42 Å². The van der Waals surface area contributed by atoms with Crippen LogP contribution in [0.4, 0.5) is 0 Å². The molecule has 0 aromatic heterocycles.